The molecular weight excluding hydrogens is 224 g/mol. The van der Waals surface area contributed by atoms with Gasteiger partial charge in [-0.1, -0.05) is 6.92 Å². The van der Waals surface area contributed by atoms with Gasteiger partial charge in [-0.3, -0.25) is 11.3 Å². The third kappa shape index (κ3) is 3.98. The molecule has 104 valence electrons. The molecule has 0 aromatic rings. The maximum absolute atomic E-state index is 6.11. The average Bonchev–Trinajstić information content (AvgIpc) is 2.38. The van der Waals surface area contributed by atoms with E-state index in [1.165, 1.54) is 12.8 Å². The zero-order valence-electron chi connectivity index (χ0n) is 12.1. The van der Waals surface area contributed by atoms with Crippen LogP contribution in [0.2, 0.25) is 0 Å². The standard InChI is InChI=1S/C15H28N2O/c1-4-6-7-8-14(17-16)15(18-5-2)11-9-13(3)10-12-15/h13-14,17H,5,7-12,16H2,1-3H3. The summed E-state index contributed by atoms with van der Waals surface area (Å²) in [5, 5.41) is 0. The number of rotatable bonds is 6. The van der Waals surface area contributed by atoms with Crippen LogP contribution < -0.4 is 11.3 Å². The van der Waals surface area contributed by atoms with Crippen LogP contribution in [0.4, 0.5) is 0 Å². The van der Waals surface area contributed by atoms with Crippen LogP contribution in [-0.4, -0.2) is 18.2 Å². The van der Waals surface area contributed by atoms with Gasteiger partial charge in [0.15, 0.2) is 0 Å². The maximum Gasteiger partial charge on any atom is 0.0848 e. The average molecular weight is 252 g/mol. The summed E-state index contributed by atoms with van der Waals surface area (Å²) in [5.74, 6) is 12.6. The lowest BCUT2D eigenvalue weighted by Crippen LogP contribution is -2.56. The van der Waals surface area contributed by atoms with Gasteiger partial charge in [0.2, 0.25) is 0 Å². The van der Waals surface area contributed by atoms with Crippen LogP contribution >= 0.6 is 0 Å². The van der Waals surface area contributed by atoms with Gasteiger partial charge in [-0.15, -0.1) is 11.8 Å². The Hall–Kier alpha value is -0.560. The Balaban J connectivity index is 2.69. The lowest BCUT2D eigenvalue weighted by atomic mass is 9.74. The number of nitrogens with one attached hydrogen (secondary N) is 1. The predicted octanol–water partition coefficient (Wildman–Crippen LogP) is 2.61. The smallest absolute Gasteiger partial charge is 0.0848 e. The van der Waals surface area contributed by atoms with Crippen molar-refractivity contribution in [2.24, 2.45) is 11.8 Å². The molecule has 0 aromatic carbocycles. The van der Waals surface area contributed by atoms with Crippen molar-refractivity contribution in [3.8, 4) is 11.8 Å². The molecule has 3 nitrogen and oxygen atoms in total. The van der Waals surface area contributed by atoms with E-state index < -0.39 is 0 Å². The minimum absolute atomic E-state index is 0.0779. The molecule has 1 aliphatic rings. The van der Waals surface area contributed by atoms with Crippen molar-refractivity contribution in [2.75, 3.05) is 6.61 Å². The second kappa shape index (κ2) is 7.78. The number of hydrazine groups is 1. The Morgan fingerprint density at radius 1 is 1.44 bits per heavy atom. The van der Waals surface area contributed by atoms with E-state index in [1.807, 2.05) is 6.92 Å². The molecule has 18 heavy (non-hydrogen) atoms. The van der Waals surface area contributed by atoms with E-state index in [1.54, 1.807) is 0 Å². The normalized spacial score (nSPS) is 29.4. The molecule has 0 radical (unpaired) electrons. The summed E-state index contributed by atoms with van der Waals surface area (Å²) >= 11 is 0. The van der Waals surface area contributed by atoms with Crippen molar-refractivity contribution >= 4 is 0 Å². The van der Waals surface area contributed by atoms with Gasteiger partial charge in [-0.05, 0) is 51.9 Å². The molecule has 1 unspecified atom stereocenters. The van der Waals surface area contributed by atoms with E-state index in [0.29, 0.717) is 0 Å². The quantitative estimate of drug-likeness (QED) is 0.434. The van der Waals surface area contributed by atoms with Crippen molar-refractivity contribution < 1.29 is 4.74 Å². The summed E-state index contributed by atoms with van der Waals surface area (Å²) in [6.45, 7) is 7.03. The fraction of sp³-hybridized carbons (Fsp3) is 0.867. The molecule has 0 aromatic heterocycles. The SMILES string of the molecule is CC#CCCC(NN)C1(OCC)CCC(C)CC1. The first-order valence-electron chi connectivity index (χ1n) is 7.18. The largest absolute Gasteiger partial charge is 0.374 e. The summed E-state index contributed by atoms with van der Waals surface area (Å²) in [6, 6.07) is 0.214. The topological polar surface area (TPSA) is 47.3 Å². The summed E-state index contributed by atoms with van der Waals surface area (Å²) in [4.78, 5) is 0. The molecule has 3 heteroatoms. The highest BCUT2D eigenvalue weighted by Gasteiger charge is 2.41. The summed E-state index contributed by atoms with van der Waals surface area (Å²) in [6.07, 6.45) is 6.53. The first-order chi connectivity index (χ1) is 8.68. The molecule has 0 bridgehead atoms. The highest BCUT2D eigenvalue weighted by molar-refractivity contribution is 5.00. The van der Waals surface area contributed by atoms with E-state index in [4.69, 9.17) is 10.6 Å². The van der Waals surface area contributed by atoms with Crippen LogP contribution in [0.15, 0.2) is 0 Å². The van der Waals surface area contributed by atoms with E-state index in [2.05, 4.69) is 31.1 Å². The van der Waals surface area contributed by atoms with Gasteiger partial charge < -0.3 is 4.74 Å². The van der Waals surface area contributed by atoms with Gasteiger partial charge in [-0.2, -0.15) is 0 Å². The molecular formula is C15H28N2O. The first kappa shape index (κ1) is 15.5. The number of hydrogen-bond donors (Lipinski definition) is 2. The Kier molecular flexibility index (Phi) is 6.70. The Morgan fingerprint density at radius 2 is 2.11 bits per heavy atom. The second-order valence-electron chi connectivity index (χ2n) is 5.37. The Bertz CT molecular complexity index is 285. The first-order valence-corrected chi connectivity index (χ1v) is 7.18. The number of hydrogen-bond acceptors (Lipinski definition) is 3. The van der Waals surface area contributed by atoms with Crippen LogP contribution in [0, 0.1) is 17.8 Å². The summed E-state index contributed by atoms with van der Waals surface area (Å²) in [7, 11) is 0. The van der Waals surface area contributed by atoms with Gasteiger partial charge in [0, 0.05) is 13.0 Å². The molecule has 1 saturated carbocycles. The number of nitrogens with two attached hydrogens (primary N) is 1. The van der Waals surface area contributed by atoms with Crippen LogP contribution in [0.5, 0.6) is 0 Å². The van der Waals surface area contributed by atoms with Crippen LogP contribution in [0.3, 0.4) is 0 Å². The second-order valence-corrected chi connectivity index (χ2v) is 5.37. The minimum atomic E-state index is -0.0779. The summed E-state index contributed by atoms with van der Waals surface area (Å²) < 4.78 is 6.11. The van der Waals surface area contributed by atoms with Crippen LogP contribution in [0.1, 0.15) is 59.3 Å². The molecule has 1 aliphatic carbocycles. The van der Waals surface area contributed by atoms with Crippen molar-refractivity contribution in [3.63, 3.8) is 0 Å². The number of ether oxygens (including phenoxy) is 1. The molecule has 1 rings (SSSR count). The maximum atomic E-state index is 6.11. The predicted molar refractivity (Wildman–Crippen MR) is 75.8 cm³/mol. The Morgan fingerprint density at radius 3 is 2.61 bits per heavy atom. The van der Waals surface area contributed by atoms with Crippen molar-refractivity contribution in [1.82, 2.24) is 5.43 Å². The van der Waals surface area contributed by atoms with Crippen molar-refractivity contribution in [3.05, 3.63) is 0 Å². The van der Waals surface area contributed by atoms with Crippen LogP contribution in [0.25, 0.3) is 0 Å². The minimum Gasteiger partial charge on any atom is -0.374 e. The zero-order valence-corrected chi connectivity index (χ0v) is 12.1. The molecule has 1 atom stereocenters. The van der Waals surface area contributed by atoms with Gasteiger partial charge in [-0.25, -0.2) is 0 Å². The van der Waals surface area contributed by atoms with E-state index in [0.717, 1.165) is 38.2 Å². The molecule has 0 amide bonds. The third-order valence-electron chi connectivity index (χ3n) is 4.12. The summed E-state index contributed by atoms with van der Waals surface area (Å²) in [5.41, 5.74) is 2.90. The van der Waals surface area contributed by atoms with Gasteiger partial charge in [0.05, 0.1) is 11.6 Å². The van der Waals surface area contributed by atoms with E-state index in [-0.39, 0.29) is 11.6 Å². The monoisotopic (exact) mass is 252 g/mol. The molecule has 0 aliphatic heterocycles. The molecule has 0 saturated heterocycles. The molecule has 0 heterocycles. The lowest BCUT2D eigenvalue weighted by Gasteiger charge is -2.44. The van der Waals surface area contributed by atoms with Gasteiger partial charge >= 0.3 is 0 Å². The fourth-order valence-electron chi connectivity index (χ4n) is 2.97. The highest BCUT2D eigenvalue weighted by atomic mass is 16.5. The van der Waals surface area contributed by atoms with E-state index >= 15 is 0 Å². The van der Waals surface area contributed by atoms with Gasteiger partial charge in [0.1, 0.15) is 0 Å². The van der Waals surface area contributed by atoms with Crippen LogP contribution in [-0.2, 0) is 4.74 Å². The lowest BCUT2D eigenvalue weighted by molar-refractivity contribution is -0.0975. The zero-order chi connectivity index (χ0) is 13.4. The molecule has 3 N–H and O–H groups in total. The molecule has 0 spiro atoms. The Labute approximate surface area is 112 Å². The van der Waals surface area contributed by atoms with Crippen molar-refractivity contribution in [2.45, 2.75) is 70.9 Å². The van der Waals surface area contributed by atoms with Crippen molar-refractivity contribution in [1.29, 1.82) is 0 Å². The molecule has 1 fully saturated rings. The van der Waals surface area contributed by atoms with Gasteiger partial charge in [0.25, 0.3) is 0 Å². The highest BCUT2D eigenvalue weighted by Crippen LogP contribution is 2.38. The van der Waals surface area contributed by atoms with E-state index in [9.17, 15) is 0 Å². The third-order valence-corrected chi connectivity index (χ3v) is 4.12. The fourth-order valence-corrected chi connectivity index (χ4v) is 2.97.